The van der Waals surface area contributed by atoms with Crippen LogP contribution in [0.1, 0.15) is 72.6 Å². The van der Waals surface area contributed by atoms with E-state index in [9.17, 15) is 8.42 Å². The Hall–Kier alpha value is -0.0900. The molecular weight excluding hydrogens is 282 g/mol. The zero-order valence-electron chi connectivity index (χ0n) is 14.5. The molecule has 0 aliphatic heterocycles. The number of nitrogens with one attached hydrogen (secondary N) is 1. The fraction of sp³-hybridized carbons (Fsp3) is 1.00. The summed E-state index contributed by atoms with van der Waals surface area (Å²) in [6.45, 7) is 9.47. The van der Waals surface area contributed by atoms with Crippen molar-refractivity contribution in [2.24, 2.45) is 11.8 Å². The van der Waals surface area contributed by atoms with Crippen molar-refractivity contribution in [2.75, 3.05) is 18.1 Å². The molecule has 3 nitrogen and oxygen atoms in total. The van der Waals surface area contributed by atoms with Crippen molar-refractivity contribution in [1.29, 1.82) is 0 Å². The van der Waals surface area contributed by atoms with Crippen LogP contribution in [0.2, 0.25) is 0 Å². The minimum atomic E-state index is -2.80. The molecular formula is C17H35NO2S. The highest BCUT2D eigenvalue weighted by molar-refractivity contribution is 7.91. The zero-order chi connectivity index (χ0) is 15.9. The smallest absolute Gasteiger partial charge is 0.150 e. The molecule has 1 aliphatic carbocycles. The zero-order valence-corrected chi connectivity index (χ0v) is 15.3. The van der Waals surface area contributed by atoms with Crippen LogP contribution >= 0.6 is 0 Å². The quantitative estimate of drug-likeness (QED) is 0.727. The second kappa shape index (κ2) is 8.52. The summed E-state index contributed by atoms with van der Waals surface area (Å²) in [6, 6.07) is 0. The van der Waals surface area contributed by atoms with Crippen LogP contribution in [-0.2, 0) is 9.84 Å². The maximum Gasteiger partial charge on any atom is 0.150 e. The van der Waals surface area contributed by atoms with Crippen LogP contribution in [0, 0.1) is 11.8 Å². The third kappa shape index (κ3) is 8.20. The van der Waals surface area contributed by atoms with E-state index >= 15 is 0 Å². The predicted octanol–water partition coefficient (Wildman–Crippen LogP) is 3.79. The normalized spacial score (nSPS) is 24.8. The molecule has 0 aromatic rings. The van der Waals surface area contributed by atoms with E-state index < -0.39 is 9.84 Å². The van der Waals surface area contributed by atoms with Crippen LogP contribution in [0.5, 0.6) is 0 Å². The Balaban J connectivity index is 2.49. The van der Waals surface area contributed by atoms with Crippen molar-refractivity contribution < 1.29 is 8.42 Å². The van der Waals surface area contributed by atoms with Gasteiger partial charge in [0.2, 0.25) is 0 Å². The molecule has 1 fully saturated rings. The van der Waals surface area contributed by atoms with Gasteiger partial charge in [-0.05, 0) is 58.4 Å². The third-order valence-corrected chi connectivity index (χ3v) is 6.47. The summed E-state index contributed by atoms with van der Waals surface area (Å²) < 4.78 is 23.3. The number of hydrogen-bond donors (Lipinski definition) is 1. The Morgan fingerprint density at radius 3 is 2.24 bits per heavy atom. The number of rotatable bonds is 7. The molecule has 0 spiro atoms. The molecule has 1 rings (SSSR count). The van der Waals surface area contributed by atoms with Crippen LogP contribution < -0.4 is 5.32 Å². The molecule has 21 heavy (non-hydrogen) atoms. The standard InChI is InChI=1S/C17H35NO2S/c1-5-21(19,20)13-9-12-15-10-7-6-8-11-16(15)14-18-17(2,3)4/h15-16,18H,5-14H2,1-4H3. The van der Waals surface area contributed by atoms with E-state index in [0.29, 0.717) is 11.7 Å². The van der Waals surface area contributed by atoms with Gasteiger partial charge in [0.05, 0.1) is 5.75 Å². The van der Waals surface area contributed by atoms with Gasteiger partial charge in [-0.25, -0.2) is 8.42 Å². The fourth-order valence-corrected chi connectivity index (χ4v) is 4.15. The molecule has 1 saturated carbocycles. The average Bonchev–Trinajstić information content (AvgIpc) is 2.61. The van der Waals surface area contributed by atoms with E-state index in [2.05, 4.69) is 26.1 Å². The van der Waals surface area contributed by atoms with Gasteiger partial charge in [-0.2, -0.15) is 0 Å². The summed E-state index contributed by atoms with van der Waals surface area (Å²) in [5.41, 5.74) is 0.169. The van der Waals surface area contributed by atoms with Gasteiger partial charge >= 0.3 is 0 Å². The van der Waals surface area contributed by atoms with E-state index in [-0.39, 0.29) is 11.3 Å². The van der Waals surface area contributed by atoms with Gasteiger partial charge in [-0.1, -0.05) is 32.6 Å². The first kappa shape index (κ1) is 19.0. The Labute approximate surface area is 132 Å². The van der Waals surface area contributed by atoms with E-state index in [4.69, 9.17) is 0 Å². The second-order valence-corrected chi connectivity index (χ2v) is 10.1. The summed E-state index contributed by atoms with van der Waals surface area (Å²) in [5.74, 6) is 2.08. The molecule has 1 N–H and O–H groups in total. The lowest BCUT2D eigenvalue weighted by atomic mass is 9.84. The molecule has 0 saturated heterocycles. The largest absolute Gasteiger partial charge is 0.312 e. The summed E-state index contributed by atoms with van der Waals surface area (Å²) in [5, 5.41) is 3.65. The van der Waals surface area contributed by atoms with E-state index in [1.54, 1.807) is 6.92 Å². The maximum absolute atomic E-state index is 11.6. The van der Waals surface area contributed by atoms with Gasteiger partial charge in [0.25, 0.3) is 0 Å². The van der Waals surface area contributed by atoms with Gasteiger partial charge in [0, 0.05) is 11.3 Å². The summed E-state index contributed by atoms with van der Waals surface area (Å²) in [4.78, 5) is 0. The molecule has 0 amide bonds. The Morgan fingerprint density at radius 2 is 1.67 bits per heavy atom. The van der Waals surface area contributed by atoms with Crippen molar-refractivity contribution >= 4 is 9.84 Å². The number of hydrogen-bond acceptors (Lipinski definition) is 3. The van der Waals surface area contributed by atoms with Crippen molar-refractivity contribution in [1.82, 2.24) is 5.32 Å². The van der Waals surface area contributed by atoms with Crippen molar-refractivity contribution in [3.8, 4) is 0 Å². The molecule has 0 aromatic heterocycles. The van der Waals surface area contributed by atoms with Crippen molar-refractivity contribution in [3.63, 3.8) is 0 Å². The maximum atomic E-state index is 11.6. The lowest BCUT2D eigenvalue weighted by Crippen LogP contribution is -2.40. The highest BCUT2D eigenvalue weighted by Crippen LogP contribution is 2.32. The highest BCUT2D eigenvalue weighted by Gasteiger charge is 2.25. The average molecular weight is 318 g/mol. The molecule has 126 valence electrons. The topological polar surface area (TPSA) is 46.2 Å². The van der Waals surface area contributed by atoms with Crippen molar-refractivity contribution in [2.45, 2.75) is 78.2 Å². The molecule has 0 radical (unpaired) electrons. The monoisotopic (exact) mass is 317 g/mol. The molecule has 2 unspecified atom stereocenters. The SMILES string of the molecule is CCS(=O)(=O)CCCC1CCCCCC1CNC(C)(C)C. The van der Waals surface area contributed by atoms with Crippen LogP contribution in [0.4, 0.5) is 0 Å². The first-order chi connectivity index (χ1) is 9.73. The molecule has 4 heteroatoms. The van der Waals surface area contributed by atoms with E-state index in [1.807, 2.05) is 0 Å². The van der Waals surface area contributed by atoms with Gasteiger partial charge < -0.3 is 5.32 Å². The van der Waals surface area contributed by atoms with Gasteiger partial charge in [-0.3, -0.25) is 0 Å². The molecule has 0 bridgehead atoms. The third-order valence-electron chi connectivity index (χ3n) is 4.68. The minimum absolute atomic E-state index is 0.169. The van der Waals surface area contributed by atoms with E-state index in [0.717, 1.165) is 25.3 Å². The lowest BCUT2D eigenvalue weighted by Gasteiger charge is -2.29. The predicted molar refractivity (Wildman–Crippen MR) is 91.4 cm³/mol. The van der Waals surface area contributed by atoms with Crippen LogP contribution in [0.25, 0.3) is 0 Å². The van der Waals surface area contributed by atoms with Gasteiger partial charge in [0.15, 0.2) is 0 Å². The van der Waals surface area contributed by atoms with Crippen LogP contribution in [0.15, 0.2) is 0 Å². The lowest BCUT2D eigenvalue weighted by molar-refractivity contribution is 0.258. The highest BCUT2D eigenvalue weighted by atomic mass is 32.2. The first-order valence-corrected chi connectivity index (χ1v) is 10.5. The van der Waals surface area contributed by atoms with Gasteiger partial charge in [0.1, 0.15) is 9.84 Å². The molecule has 1 aliphatic rings. The van der Waals surface area contributed by atoms with Crippen LogP contribution in [-0.4, -0.2) is 32.0 Å². The second-order valence-electron chi connectivity index (χ2n) is 7.67. The van der Waals surface area contributed by atoms with E-state index in [1.165, 1.54) is 32.1 Å². The van der Waals surface area contributed by atoms with Crippen LogP contribution in [0.3, 0.4) is 0 Å². The Kier molecular flexibility index (Phi) is 7.69. The first-order valence-electron chi connectivity index (χ1n) is 8.69. The number of sulfone groups is 1. The summed E-state index contributed by atoms with van der Waals surface area (Å²) in [7, 11) is -2.80. The minimum Gasteiger partial charge on any atom is -0.312 e. The fourth-order valence-electron chi connectivity index (χ4n) is 3.26. The summed E-state index contributed by atoms with van der Waals surface area (Å²) >= 11 is 0. The summed E-state index contributed by atoms with van der Waals surface area (Å²) in [6.07, 6.45) is 8.49. The Bertz CT molecular complexity index is 384. The van der Waals surface area contributed by atoms with Gasteiger partial charge in [-0.15, -0.1) is 0 Å². The molecule has 0 aromatic carbocycles. The van der Waals surface area contributed by atoms with Crippen molar-refractivity contribution in [3.05, 3.63) is 0 Å². The molecule has 0 heterocycles. The Morgan fingerprint density at radius 1 is 1.05 bits per heavy atom. The molecule has 2 atom stereocenters.